The summed E-state index contributed by atoms with van der Waals surface area (Å²) in [6.07, 6.45) is 1.63. The molecule has 0 aliphatic carbocycles. The van der Waals surface area contributed by atoms with Gasteiger partial charge in [-0.25, -0.2) is 8.42 Å². The number of rotatable bonds is 10. The average molecular weight is 579 g/mol. The van der Waals surface area contributed by atoms with Gasteiger partial charge in [-0.2, -0.15) is 13.1 Å². The molecule has 0 bridgehead atoms. The average Bonchev–Trinajstić information content (AvgIpc) is 2.82. The molecule has 2 aromatic carbocycles. The van der Waals surface area contributed by atoms with Crippen LogP contribution in [0.4, 0.5) is 8.78 Å². The van der Waals surface area contributed by atoms with Gasteiger partial charge in [0.05, 0.1) is 21.7 Å². The fraction of sp³-hybridized carbons (Fsp3) is 0.480. The third-order valence-electron chi connectivity index (χ3n) is 6.73. The lowest BCUT2D eigenvalue weighted by Gasteiger charge is -2.40. The monoisotopic (exact) mass is 577 g/mol. The van der Waals surface area contributed by atoms with E-state index in [4.69, 9.17) is 23.2 Å². The Labute approximate surface area is 226 Å². The van der Waals surface area contributed by atoms with Gasteiger partial charge in [-0.3, -0.25) is 9.69 Å². The zero-order valence-corrected chi connectivity index (χ0v) is 23.2. The number of carbonyl (C=O) groups is 1. The minimum absolute atomic E-state index is 0.0104. The maximum atomic E-state index is 13.6. The lowest BCUT2D eigenvalue weighted by Crippen LogP contribution is -2.54. The molecule has 2 aromatic rings. The first-order valence-electron chi connectivity index (χ1n) is 11.8. The van der Waals surface area contributed by atoms with Gasteiger partial charge in [0.15, 0.2) is 0 Å². The summed E-state index contributed by atoms with van der Waals surface area (Å²) < 4.78 is 54.9. The molecular formula is C25H31Cl2F2N3O4S. The van der Waals surface area contributed by atoms with Crippen molar-refractivity contribution in [3.8, 4) is 5.75 Å². The highest BCUT2D eigenvalue weighted by molar-refractivity contribution is 7.88. The lowest BCUT2D eigenvalue weighted by molar-refractivity contribution is -0.126. The Hall–Kier alpha value is -1.98. The number of piperazine rings is 1. The summed E-state index contributed by atoms with van der Waals surface area (Å²) in [5.74, 6) is -0.260. The van der Waals surface area contributed by atoms with Crippen molar-refractivity contribution in [2.24, 2.45) is 0 Å². The van der Waals surface area contributed by atoms with E-state index in [-0.39, 0.29) is 24.2 Å². The number of carbonyl (C=O) groups excluding carboxylic acids is 1. The van der Waals surface area contributed by atoms with E-state index in [1.807, 2.05) is 13.8 Å². The van der Waals surface area contributed by atoms with Crippen molar-refractivity contribution < 1.29 is 26.7 Å². The first-order chi connectivity index (χ1) is 17.3. The summed E-state index contributed by atoms with van der Waals surface area (Å²) in [5, 5.41) is 3.61. The summed E-state index contributed by atoms with van der Waals surface area (Å²) in [7, 11) is -3.27. The molecule has 1 saturated heterocycles. The second kappa shape index (κ2) is 12.3. The normalized spacial score (nSPS) is 19.0. The van der Waals surface area contributed by atoms with Crippen LogP contribution in [0.25, 0.3) is 0 Å². The van der Waals surface area contributed by atoms with Crippen LogP contribution >= 0.6 is 23.2 Å². The van der Waals surface area contributed by atoms with E-state index < -0.39 is 22.0 Å². The van der Waals surface area contributed by atoms with Crippen LogP contribution in [-0.2, 0) is 26.8 Å². The molecule has 0 aromatic heterocycles. The van der Waals surface area contributed by atoms with E-state index in [0.29, 0.717) is 53.8 Å². The summed E-state index contributed by atoms with van der Waals surface area (Å²) >= 11 is 12.4. The maximum absolute atomic E-state index is 13.6. The molecule has 204 valence electrons. The molecule has 0 spiro atoms. The number of amides is 1. The zero-order valence-electron chi connectivity index (χ0n) is 20.9. The number of sulfonamides is 1. The van der Waals surface area contributed by atoms with Crippen LogP contribution in [0.2, 0.25) is 10.0 Å². The molecule has 37 heavy (non-hydrogen) atoms. The van der Waals surface area contributed by atoms with Crippen LogP contribution in [0.1, 0.15) is 31.4 Å². The number of hydrogen-bond donors (Lipinski definition) is 1. The summed E-state index contributed by atoms with van der Waals surface area (Å²) in [5.41, 5.74) is 0.282. The van der Waals surface area contributed by atoms with Crippen LogP contribution in [0.5, 0.6) is 5.75 Å². The first kappa shape index (κ1) is 29.6. The van der Waals surface area contributed by atoms with E-state index in [2.05, 4.69) is 15.0 Å². The van der Waals surface area contributed by atoms with E-state index in [0.717, 1.165) is 0 Å². The van der Waals surface area contributed by atoms with Crippen LogP contribution in [0.15, 0.2) is 42.5 Å². The van der Waals surface area contributed by atoms with Crippen molar-refractivity contribution >= 4 is 39.1 Å². The van der Waals surface area contributed by atoms with E-state index in [9.17, 15) is 22.0 Å². The van der Waals surface area contributed by atoms with Crippen molar-refractivity contribution in [3.63, 3.8) is 0 Å². The highest BCUT2D eigenvalue weighted by atomic mass is 35.5. The van der Waals surface area contributed by atoms with Gasteiger partial charge in [0.2, 0.25) is 15.9 Å². The first-order valence-corrected chi connectivity index (χ1v) is 14.4. The van der Waals surface area contributed by atoms with Gasteiger partial charge in [0.1, 0.15) is 5.75 Å². The number of nitrogens with zero attached hydrogens (tertiary/aromatic N) is 2. The Morgan fingerprint density at radius 1 is 1.19 bits per heavy atom. The second-order valence-electron chi connectivity index (χ2n) is 9.43. The minimum atomic E-state index is -3.27. The second-order valence-corrected chi connectivity index (χ2v) is 12.2. The predicted molar refractivity (Wildman–Crippen MR) is 141 cm³/mol. The number of hydrogen-bond acceptors (Lipinski definition) is 5. The molecule has 2 atom stereocenters. The van der Waals surface area contributed by atoms with Gasteiger partial charge in [0.25, 0.3) is 0 Å². The molecule has 0 saturated carbocycles. The molecule has 1 amide bonds. The summed E-state index contributed by atoms with van der Waals surface area (Å²) in [6.45, 7) is 2.80. The van der Waals surface area contributed by atoms with Crippen molar-refractivity contribution in [1.82, 2.24) is 14.5 Å². The molecular weight excluding hydrogens is 547 g/mol. The Bertz CT molecular complexity index is 1220. The van der Waals surface area contributed by atoms with Crippen LogP contribution < -0.4 is 10.1 Å². The third kappa shape index (κ3) is 7.77. The van der Waals surface area contributed by atoms with Crippen LogP contribution in [-0.4, -0.2) is 68.6 Å². The molecule has 12 heteroatoms. The number of alkyl halides is 2. The van der Waals surface area contributed by atoms with E-state index in [1.165, 1.54) is 22.7 Å². The van der Waals surface area contributed by atoms with Crippen molar-refractivity contribution in [1.29, 1.82) is 0 Å². The van der Waals surface area contributed by atoms with Gasteiger partial charge in [-0.1, -0.05) is 41.4 Å². The highest BCUT2D eigenvalue weighted by Gasteiger charge is 2.37. The molecule has 1 unspecified atom stereocenters. The molecule has 1 aliphatic rings. The highest BCUT2D eigenvalue weighted by Crippen LogP contribution is 2.34. The predicted octanol–water partition coefficient (Wildman–Crippen LogP) is 4.52. The quantitative estimate of drug-likeness (QED) is 0.449. The zero-order chi connectivity index (χ0) is 27.4. The smallest absolute Gasteiger partial charge is 0.387 e. The number of benzene rings is 2. The number of halogens is 4. The van der Waals surface area contributed by atoms with Gasteiger partial charge < -0.3 is 10.1 Å². The molecule has 1 fully saturated rings. The molecule has 3 rings (SSSR count). The fourth-order valence-electron chi connectivity index (χ4n) is 4.40. The Morgan fingerprint density at radius 2 is 1.92 bits per heavy atom. The van der Waals surface area contributed by atoms with Gasteiger partial charge in [-0.05, 0) is 62.2 Å². The Balaban J connectivity index is 1.77. The lowest BCUT2D eigenvalue weighted by atomic mass is 9.78. The minimum Gasteiger partial charge on any atom is -0.435 e. The standard InChI is InChI=1S/C25H31Cl2F2N3O4S/c1-17-16-32(37(3,34)35)12-11-31(17)10-9-25(2,19-7-8-21(26)22(27)14-19)23(33)30-15-18-5-4-6-20(13-18)36-24(28)29/h4-8,13-14,17,24H,9-12,15-16H2,1-3H3,(H,30,33)/t17-,25?/m1/s1. The number of nitrogens with one attached hydrogen (secondary N) is 1. The van der Waals surface area contributed by atoms with Crippen molar-refractivity contribution in [3.05, 3.63) is 63.6 Å². The summed E-state index contributed by atoms with van der Waals surface area (Å²) in [4.78, 5) is 15.8. The van der Waals surface area contributed by atoms with Gasteiger partial charge >= 0.3 is 6.61 Å². The SMILES string of the molecule is C[C@@H]1CN(S(C)(=O)=O)CCN1CCC(C)(C(=O)NCc1cccc(OC(F)F)c1)c1ccc(Cl)c(Cl)c1. The third-order valence-corrected chi connectivity index (χ3v) is 8.74. The molecule has 1 heterocycles. The van der Waals surface area contributed by atoms with Crippen molar-refractivity contribution in [2.45, 2.75) is 44.9 Å². The van der Waals surface area contributed by atoms with E-state index >= 15 is 0 Å². The van der Waals surface area contributed by atoms with Gasteiger partial charge in [0, 0.05) is 32.2 Å². The molecule has 0 radical (unpaired) electrons. The van der Waals surface area contributed by atoms with Crippen LogP contribution in [0.3, 0.4) is 0 Å². The number of ether oxygens (including phenoxy) is 1. The Morgan fingerprint density at radius 3 is 2.54 bits per heavy atom. The van der Waals surface area contributed by atoms with E-state index in [1.54, 1.807) is 30.3 Å². The van der Waals surface area contributed by atoms with Crippen LogP contribution in [0, 0.1) is 0 Å². The molecule has 7 nitrogen and oxygen atoms in total. The molecule has 1 aliphatic heterocycles. The summed E-state index contributed by atoms with van der Waals surface area (Å²) in [6, 6.07) is 11.2. The maximum Gasteiger partial charge on any atom is 0.387 e. The van der Waals surface area contributed by atoms with Crippen molar-refractivity contribution in [2.75, 3.05) is 32.4 Å². The fourth-order valence-corrected chi connectivity index (χ4v) is 5.60. The Kier molecular flexibility index (Phi) is 9.79. The topological polar surface area (TPSA) is 79.0 Å². The molecule has 1 N–H and O–H groups in total. The largest absolute Gasteiger partial charge is 0.435 e. The van der Waals surface area contributed by atoms with Gasteiger partial charge in [-0.15, -0.1) is 0 Å².